The van der Waals surface area contributed by atoms with Gasteiger partial charge in [0.05, 0.1) is 9.85 Å². The molecule has 0 amide bonds. The maximum atomic E-state index is 12.2. The van der Waals surface area contributed by atoms with Crippen LogP contribution >= 0.6 is 0 Å². The van der Waals surface area contributed by atoms with Crippen LogP contribution in [0.1, 0.15) is 15.9 Å². The number of nitro groups is 2. The average Bonchev–Trinajstić information content (AvgIpc) is 2.46. The lowest BCUT2D eigenvalue weighted by Crippen LogP contribution is -2.05. The molecule has 2 rings (SSSR count). The van der Waals surface area contributed by atoms with Crippen molar-refractivity contribution in [3.05, 3.63) is 79.9 Å². The molecule has 0 radical (unpaired) electrons. The van der Waals surface area contributed by atoms with Crippen LogP contribution in [-0.2, 0) is 0 Å². The van der Waals surface area contributed by atoms with E-state index in [1.807, 2.05) is 0 Å². The zero-order chi connectivity index (χ0) is 14.7. The first-order chi connectivity index (χ1) is 9.50. The summed E-state index contributed by atoms with van der Waals surface area (Å²) in [5.41, 5.74) is -0.634. The second kappa shape index (κ2) is 5.27. The summed E-state index contributed by atoms with van der Waals surface area (Å²) < 4.78 is 0. The number of hydrogen-bond acceptors (Lipinski definition) is 5. The Morgan fingerprint density at radius 2 is 1.60 bits per heavy atom. The van der Waals surface area contributed by atoms with Gasteiger partial charge in [-0.2, -0.15) is 0 Å². The van der Waals surface area contributed by atoms with Crippen molar-refractivity contribution in [3.63, 3.8) is 0 Å². The quantitative estimate of drug-likeness (QED) is 0.483. The number of para-hydroxylation sites is 1. The van der Waals surface area contributed by atoms with Crippen LogP contribution in [0.3, 0.4) is 0 Å². The Bertz CT molecular complexity index is 711. The Labute approximate surface area is 112 Å². The lowest BCUT2D eigenvalue weighted by Gasteiger charge is -2.02. The molecule has 0 fully saturated rings. The van der Waals surface area contributed by atoms with Crippen LogP contribution in [0.4, 0.5) is 11.4 Å². The van der Waals surface area contributed by atoms with Gasteiger partial charge in [-0.1, -0.05) is 24.3 Å². The highest BCUT2D eigenvalue weighted by Crippen LogP contribution is 2.23. The summed E-state index contributed by atoms with van der Waals surface area (Å²) in [7, 11) is 0. The minimum Gasteiger partial charge on any atom is -0.288 e. The zero-order valence-corrected chi connectivity index (χ0v) is 10.1. The number of nitro benzene ring substituents is 2. The van der Waals surface area contributed by atoms with E-state index < -0.39 is 15.6 Å². The molecule has 0 aliphatic rings. The molecule has 0 spiro atoms. The number of nitrogens with zero attached hydrogens (tertiary/aromatic N) is 2. The highest BCUT2D eigenvalue weighted by Gasteiger charge is 2.21. The number of rotatable bonds is 4. The predicted molar refractivity (Wildman–Crippen MR) is 69.6 cm³/mol. The van der Waals surface area contributed by atoms with Gasteiger partial charge in [-0.15, -0.1) is 0 Å². The first-order valence-corrected chi connectivity index (χ1v) is 5.53. The second-order valence-electron chi connectivity index (χ2n) is 3.91. The van der Waals surface area contributed by atoms with Gasteiger partial charge in [0.1, 0.15) is 5.56 Å². The van der Waals surface area contributed by atoms with Gasteiger partial charge in [0, 0.05) is 23.8 Å². The SMILES string of the molecule is O=C(c1cccc([N+](=O)[O-])c1)c1ccccc1[N+](=O)[O-]. The number of non-ortho nitro benzene ring substituents is 1. The Kier molecular flexibility index (Phi) is 3.52. The molecule has 100 valence electrons. The van der Waals surface area contributed by atoms with E-state index in [4.69, 9.17) is 0 Å². The molecule has 20 heavy (non-hydrogen) atoms. The van der Waals surface area contributed by atoms with Gasteiger partial charge in [0.25, 0.3) is 11.4 Å². The van der Waals surface area contributed by atoms with Gasteiger partial charge in [-0.3, -0.25) is 25.0 Å². The van der Waals surface area contributed by atoms with Crippen LogP contribution in [0, 0.1) is 20.2 Å². The van der Waals surface area contributed by atoms with E-state index in [1.54, 1.807) is 0 Å². The van der Waals surface area contributed by atoms with Gasteiger partial charge in [-0.25, -0.2) is 0 Å². The minimum absolute atomic E-state index is 0.0356. The molecule has 0 bridgehead atoms. The largest absolute Gasteiger partial charge is 0.288 e. The van der Waals surface area contributed by atoms with Crippen molar-refractivity contribution in [2.45, 2.75) is 0 Å². The fourth-order valence-corrected chi connectivity index (χ4v) is 1.74. The monoisotopic (exact) mass is 272 g/mol. The van der Waals surface area contributed by atoms with Gasteiger partial charge in [0.15, 0.2) is 5.78 Å². The molecule has 0 saturated heterocycles. The van der Waals surface area contributed by atoms with Crippen LogP contribution in [0.25, 0.3) is 0 Å². The third kappa shape index (κ3) is 2.51. The maximum absolute atomic E-state index is 12.2. The maximum Gasteiger partial charge on any atom is 0.280 e. The van der Waals surface area contributed by atoms with Crippen molar-refractivity contribution in [2.75, 3.05) is 0 Å². The van der Waals surface area contributed by atoms with Crippen molar-refractivity contribution in [3.8, 4) is 0 Å². The smallest absolute Gasteiger partial charge is 0.280 e. The zero-order valence-electron chi connectivity index (χ0n) is 10.1. The summed E-state index contributed by atoms with van der Waals surface area (Å²) in [5.74, 6) is -0.624. The predicted octanol–water partition coefficient (Wildman–Crippen LogP) is 2.73. The van der Waals surface area contributed by atoms with Crippen LogP contribution in [0.5, 0.6) is 0 Å². The van der Waals surface area contributed by atoms with E-state index in [-0.39, 0.29) is 22.5 Å². The molecule has 7 nitrogen and oxygen atoms in total. The van der Waals surface area contributed by atoms with Crippen LogP contribution < -0.4 is 0 Å². The van der Waals surface area contributed by atoms with Crippen molar-refractivity contribution in [2.24, 2.45) is 0 Å². The first kappa shape index (κ1) is 13.3. The van der Waals surface area contributed by atoms with Gasteiger partial charge in [-0.05, 0) is 6.07 Å². The van der Waals surface area contributed by atoms with Crippen LogP contribution in [0.2, 0.25) is 0 Å². The van der Waals surface area contributed by atoms with E-state index in [0.717, 1.165) is 6.07 Å². The molecule has 0 heterocycles. The Balaban J connectivity index is 2.49. The number of carbonyl (C=O) groups excluding carboxylic acids is 1. The Morgan fingerprint density at radius 1 is 0.900 bits per heavy atom. The normalized spacial score (nSPS) is 10.0. The van der Waals surface area contributed by atoms with E-state index in [0.29, 0.717) is 0 Å². The summed E-state index contributed by atoms with van der Waals surface area (Å²) in [5, 5.41) is 21.6. The fourth-order valence-electron chi connectivity index (χ4n) is 1.74. The van der Waals surface area contributed by atoms with Crippen molar-refractivity contribution in [1.82, 2.24) is 0 Å². The Morgan fingerprint density at radius 3 is 2.25 bits per heavy atom. The molecular formula is C13H8N2O5. The first-order valence-electron chi connectivity index (χ1n) is 5.53. The summed E-state index contributed by atoms with van der Waals surface area (Å²) >= 11 is 0. The average molecular weight is 272 g/mol. The lowest BCUT2D eigenvalue weighted by atomic mass is 10.0. The molecule has 0 saturated carbocycles. The molecule has 0 unspecified atom stereocenters. The van der Waals surface area contributed by atoms with Crippen molar-refractivity contribution in [1.29, 1.82) is 0 Å². The topological polar surface area (TPSA) is 103 Å². The summed E-state index contributed by atoms with van der Waals surface area (Å²) in [4.78, 5) is 32.5. The highest BCUT2D eigenvalue weighted by molar-refractivity contribution is 6.11. The van der Waals surface area contributed by atoms with E-state index in [2.05, 4.69) is 0 Å². The second-order valence-corrected chi connectivity index (χ2v) is 3.91. The summed E-state index contributed by atoms with van der Waals surface area (Å²) in [6, 6.07) is 10.6. The molecule has 0 aromatic heterocycles. The van der Waals surface area contributed by atoms with Crippen molar-refractivity contribution >= 4 is 17.2 Å². The highest BCUT2D eigenvalue weighted by atomic mass is 16.6. The number of hydrogen-bond donors (Lipinski definition) is 0. The molecule has 0 N–H and O–H groups in total. The van der Waals surface area contributed by atoms with Crippen LogP contribution in [-0.4, -0.2) is 15.6 Å². The molecule has 0 atom stereocenters. The lowest BCUT2D eigenvalue weighted by molar-refractivity contribution is -0.385. The summed E-state index contributed by atoms with van der Waals surface area (Å²) in [6.07, 6.45) is 0. The third-order valence-corrected chi connectivity index (χ3v) is 2.66. The number of ketones is 1. The number of carbonyl (C=O) groups is 1. The van der Waals surface area contributed by atoms with E-state index >= 15 is 0 Å². The van der Waals surface area contributed by atoms with E-state index in [1.165, 1.54) is 42.5 Å². The molecule has 2 aromatic rings. The molecule has 0 aliphatic carbocycles. The molecular weight excluding hydrogens is 264 g/mol. The van der Waals surface area contributed by atoms with Gasteiger partial charge >= 0.3 is 0 Å². The fraction of sp³-hybridized carbons (Fsp3) is 0. The Hall–Kier alpha value is -3.09. The molecule has 7 heteroatoms. The number of benzene rings is 2. The third-order valence-electron chi connectivity index (χ3n) is 2.66. The standard InChI is InChI=1S/C13H8N2O5/c16-13(9-4-3-5-10(8-9)14(17)18)11-6-1-2-7-12(11)15(19)20/h1-8H. The van der Waals surface area contributed by atoms with Crippen LogP contribution in [0.15, 0.2) is 48.5 Å². The van der Waals surface area contributed by atoms with Gasteiger partial charge in [0.2, 0.25) is 0 Å². The van der Waals surface area contributed by atoms with Crippen molar-refractivity contribution < 1.29 is 14.6 Å². The summed E-state index contributed by atoms with van der Waals surface area (Å²) in [6.45, 7) is 0. The van der Waals surface area contributed by atoms with E-state index in [9.17, 15) is 25.0 Å². The molecule has 2 aromatic carbocycles. The molecule has 0 aliphatic heterocycles. The minimum atomic E-state index is -0.662. The van der Waals surface area contributed by atoms with Gasteiger partial charge < -0.3 is 0 Å².